The molecule has 0 bridgehead atoms. The molecule has 1 saturated heterocycles. The molecule has 1 aliphatic rings. The van der Waals surface area contributed by atoms with Crippen LogP contribution in [0, 0.1) is 0 Å². The predicted molar refractivity (Wildman–Crippen MR) is 148 cm³/mol. The minimum absolute atomic E-state index is 0.0122. The van der Waals surface area contributed by atoms with Gasteiger partial charge in [-0.15, -0.1) is 0 Å². The van der Waals surface area contributed by atoms with E-state index >= 15 is 0 Å². The van der Waals surface area contributed by atoms with Crippen LogP contribution >= 0.6 is 0 Å². The van der Waals surface area contributed by atoms with Crippen molar-refractivity contribution in [1.82, 2.24) is 0 Å². The van der Waals surface area contributed by atoms with Crippen LogP contribution in [0.25, 0.3) is 28.4 Å². The maximum Gasteiger partial charge on any atom is 0.402 e. The van der Waals surface area contributed by atoms with Crippen molar-refractivity contribution in [3.05, 3.63) is 72.3 Å². The summed E-state index contributed by atoms with van der Waals surface area (Å²) in [6.45, 7) is -0.537. The fourth-order valence-electron chi connectivity index (χ4n) is 4.38. The van der Waals surface area contributed by atoms with Crippen molar-refractivity contribution >= 4 is 23.0 Å². The first kappa shape index (κ1) is 29.4. The van der Waals surface area contributed by atoms with Crippen LogP contribution in [0.4, 0.5) is 0 Å². The van der Waals surface area contributed by atoms with Crippen molar-refractivity contribution in [2.45, 2.75) is 30.7 Å². The molecule has 0 aliphatic carbocycles. The van der Waals surface area contributed by atoms with E-state index in [1.54, 1.807) is 12.1 Å². The van der Waals surface area contributed by atoms with Gasteiger partial charge in [0.2, 0.25) is 12.0 Å². The average molecular weight is 596 g/mol. The first-order valence-corrected chi connectivity index (χ1v) is 12.9. The van der Waals surface area contributed by atoms with Crippen molar-refractivity contribution in [1.29, 1.82) is 0 Å². The second-order valence-electron chi connectivity index (χ2n) is 9.71. The minimum atomic E-state index is -1.80. The zero-order chi connectivity index (χ0) is 30.8. The monoisotopic (exact) mass is 595 g/mol. The van der Waals surface area contributed by atoms with Gasteiger partial charge in [-0.2, -0.15) is 0 Å². The van der Waals surface area contributed by atoms with E-state index in [0.717, 1.165) is 18.2 Å². The zero-order valence-corrected chi connectivity index (χ0v) is 22.1. The molecular weight excluding hydrogens is 568 g/mol. The largest absolute Gasteiger partial charge is 0.508 e. The van der Waals surface area contributed by atoms with Crippen molar-refractivity contribution in [2.75, 3.05) is 6.61 Å². The summed E-state index contributed by atoms with van der Waals surface area (Å²) in [6, 6.07) is 13.3. The highest BCUT2D eigenvalue weighted by atomic mass is 16.7. The van der Waals surface area contributed by atoms with Crippen molar-refractivity contribution in [2.24, 2.45) is 0 Å². The number of hydrogen-bond acceptors (Lipinski definition) is 12. The second-order valence-corrected chi connectivity index (χ2v) is 9.71. The minimum Gasteiger partial charge on any atom is -0.508 e. The Morgan fingerprint density at radius 2 is 1.56 bits per heavy atom. The molecule has 2 heterocycles. The topological polar surface area (TPSA) is 218 Å². The fraction of sp³-hybridized carbons (Fsp3) is 0.200. The van der Waals surface area contributed by atoms with E-state index in [2.05, 4.69) is 0 Å². The van der Waals surface area contributed by atoms with Crippen LogP contribution in [0.1, 0.15) is 5.56 Å². The predicted octanol–water partition coefficient (Wildman–Crippen LogP) is 2.35. The molecule has 0 saturated carbocycles. The first-order valence-electron chi connectivity index (χ1n) is 12.9. The Kier molecular flexibility index (Phi) is 8.23. The van der Waals surface area contributed by atoms with E-state index in [0.29, 0.717) is 5.56 Å². The SMILES string of the molecule is O=C(/C=C/c1ccc(O)cc1)OC[C@H]1O[C@@H](Oc2cc3c(O)cc(O)cc3[o+]c2-c2ccc(O)c(O)c2)[C@H](O)[C@@H](O)[C@@H]1O. The fourth-order valence-corrected chi connectivity index (χ4v) is 4.38. The molecule has 13 nitrogen and oxygen atoms in total. The number of esters is 1. The molecule has 1 aliphatic heterocycles. The van der Waals surface area contributed by atoms with Crippen LogP contribution in [0.2, 0.25) is 0 Å². The highest BCUT2D eigenvalue weighted by Crippen LogP contribution is 2.42. The molecule has 1 aromatic heterocycles. The van der Waals surface area contributed by atoms with Crippen molar-refractivity contribution in [3.63, 3.8) is 0 Å². The lowest BCUT2D eigenvalue weighted by Gasteiger charge is -2.39. The van der Waals surface area contributed by atoms with Gasteiger partial charge in [-0.25, -0.2) is 9.21 Å². The van der Waals surface area contributed by atoms with Crippen LogP contribution in [0.5, 0.6) is 34.5 Å². The molecule has 5 rings (SSSR count). The number of carbonyl (C=O) groups is 1. The van der Waals surface area contributed by atoms with Gasteiger partial charge in [-0.3, -0.25) is 0 Å². The van der Waals surface area contributed by atoms with Gasteiger partial charge in [0.1, 0.15) is 53.7 Å². The highest BCUT2D eigenvalue weighted by molar-refractivity contribution is 5.89. The maximum atomic E-state index is 12.3. The van der Waals surface area contributed by atoms with Gasteiger partial charge in [0.05, 0.1) is 11.6 Å². The maximum absolute atomic E-state index is 12.3. The number of phenols is 5. The summed E-state index contributed by atoms with van der Waals surface area (Å²) < 4.78 is 22.5. The number of hydrogen-bond donors (Lipinski definition) is 8. The van der Waals surface area contributed by atoms with E-state index < -0.39 is 54.8 Å². The van der Waals surface area contributed by atoms with Gasteiger partial charge >= 0.3 is 17.3 Å². The molecule has 13 heteroatoms. The van der Waals surface area contributed by atoms with E-state index in [1.165, 1.54) is 42.5 Å². The van der Waals surface area contributed by atoms with Crippen molar-refractivity contribution < 1.29 is 64.3 Å². The number of aliphatic hydroxyl groups is 3. The quantitative estimate of drug-likeness (QED) is 0.0667. The lowest BCUT2D eigenvalue weighted by molar-refractivity contribution is -0.278. The van der Waals surface area contributed by atoms with Crippen LogP contribution in [0.15, 0.2) is 71.2 Å². The Morgan fingerprint density at radius 3 is 2.28 bits per heavy atom. The van der Waals surface area contributed by atoms with Crippen LogP contribution in [-0.4, -0.2) is 84.1 Å². The van der Waals surface area contributed by atoms with E-state index in [4.69, 9.17) is 18.6 Å². The third-order valence-corrected chi connectivity index (χ3v) is 6.66. The summed E-state index contributed by atoms with van der Waals surface area (Å²) in [5.74, 6) is -2.60. The number of aliphatic hydroxyl groups excluding tert-OH is 3. The van der Waals surface area contributed by atoms with Crippen LogP contribution < -0.4 is 4.74 Å². The van der Waals surface area contributed by atoms with Gasteiger partial charge in [0, 0.05) is 24.3 Å². The number of aromatic hydroxyl groups is 5. The molecule has 3 aromatic carbocycles. The number of benzene rings is 3. The molecule has 5 atom stereocenters. The number of carbonyl (C=O) groups excluding carboxylic acids is 1. The number of fused-ring (bicyclic) bond motifs is 1. The van der Waals surface area contributed by atoms with E-state index in [-0.39, 0.29) is 45.3 Å². The summed E-state index contributed by atoms with van der Waals surface area (Å²) in [5, 5.41) is 81.2. The first-order chi connectivity index (χ1) is 20.5. The number of ether oxygens (including phenoxy) is 3. The van der Waals surface area contributed by atoms with Crippen LogP contribution in [-0.2, 0) is 14.3 Å². The lowest BCUT2D eigenvalue weighted by atomic mass is 9.99. The third-order valence-electron chi connectivity index (χ3n) is 6.66. The number of rotatable bonds is 7. The highest BCUT2D eigenvalue weighted by Gasteiger charge is 2.46. The average Bonchev–Trinajstić information content (AvgIpc) is 2.98. The standard InChI is InChI=1S/C30H26O13/c31-16-5-1-14(2-6-16)3-8-25(36)40-13-24-26(37)27(38)28(39)30(43-24)42-23-12-18-20(34)10-17(32)11-22(18)41-29(23)15-4-7-19(33)21(35)9-15/h1-12,24,26-28,30,37-39H,13H2,(H4-,31,32,33,34,35,36)/p+1/t24-,26-,27+,28-,30-/m1/s1. The van der Waals surface area contributed by atoms with E-state index in [9.17, 15) is 45.6 Å². The Labute approximate surface area is 242 Å². The molecule has 43 heavy (non-hydrogen) atoms. The third kappa shape index (κ3) is 6.39. The van der Waals surface area contributed by atoms with Crippen LogP contribution in [0.3, 0.4) is 0 Å². The Bertz CT molecular complexity index is 1670. The van der Waals surface area contributed by atoms with Gasteiger partial charge in [0.25, 0.3) is 0 Å². The summed E-state index contributed by atoms with van der Waals surface area (Å²) in [6.07, 6.45) is -5.73. The van der Waals surface area contributed by atoms with Gasteiger partial charge in [0.15, 0.2) is 11.5 Å². The van der Waals surface area contributed by atoms with Gasteiger partial charge in [-0.1, -0.05) is 12.1 Å². The van der Waals surface area contributed by atoms with E-state index in [1.807, 2.05) is 0 Å². The zero-order valence-electron chi connectivity index (χ0n) is 22.1. The molecular formula is C30H27O13+. The number of phenolic OH excluding ortho intramolecular Hbond substituents is 5. The smallest absolute Gasteiger partial charge is 0.402 e. The second kappa shape index (κ2) is 12.0. The lowest BCUT2D eigenvalue weighted by Crippen LogP contribution is -2.60. The molecule has 0 radical (unpaired) electrons. The van der Waals surface area contributed by atoms with Gasteiger partial charge in [-0.05, 0) is 35.9 Å². The Hall–Kier alpha value is -5.08. The normalized spacial score (nSPS) is 22.1. The van der Waals surface area contributed by atoms with Gasteiger partial charge < -0.3 is 55.1 Å². The molecule has 1 fully saturated rings. The molecule has 0 amide bonds. The molecule has 224 valence electrons. The molecule has 8 N–H and O–H groups in total. The molecule has 4 aromatic rings. The molecule has 0 spiro atoms. The summed E-state index contributed by atoms with van der Waals surface area (Å²) in [7, 11) is 0. The summed E-state index contributed by atoms with van der Waals surface area (Å²) in [4.78, 5) is 12.3. The summed E-state index contributed by atoms with van der Waals surface area (Å²) >= 11 is 0. The van der Waals surface area contributed by atoms with Crippen molar-refractivity contribution in [3.8, 4) is 45.8 Å². The Balaban J connectivity index is 1.39. The summed E-state index contributed by atoms with van der Waals surface area (Å²) in [5.41, 5.74) is 0.792. The Morgan fingerprint density at radius 1 is 0.814 bits per heavy atom. The molecule has 0 unspecified atom stereocenters.